The first kappa shape index (κ1) is 36.5. The average Bonchev–Trinajstić information content (AvgIpc) is 3.99. The second-order valence-corrected chi connectivity index (χ2v) is 17.4. The van der Waals surface area contributed by atoms with Gasteiger partial charge in [0, 0.05) is 49.5 Å². The molecule has 0 fully saturated rings. The van der Waals surface area contributed by atoms with E-state index in [1.165, 1.54) is 105 Å². The van der Waals surface area contributed by atoms with Crippen molar-refractivity contribution in [3.05, 3.63) is 240 Å². The van der Waals surface area contributed by atoms with Gasteiger partial charge in [-0.15, -0.1) is 0 Å². The fourth-order valence-electron chi connectivity index (χ4n) is 10.8. The van der Waals surface area contributed by atoms with Crippen molar-refractivity contribution in [2.45, 2.75) is 18.9 Å². The summed E-state index contributed by atoms with van der Waals surface area (Å²) in [6.07, 6.45) is 8.90. The van der Waals surface area contributed by atoms with Crippen LogP contribution in [0.25, 0.3) is 94.3 Å². The molecule has 9 aromatic carbocycles. The minimum atomic E-state index is 0.200. The molecular formula is C61H43N3. The number of para-hydroxylation sites is 2. The van der Waals surface area contributed by atoms with Gasteiger partial charge in [0.05, 0.1) is 17.1 Å². The third-order valence-electron chi connectivity index (χ3n) is 13.8. The SMILES string of the molecule is Nc1cccc2c1C(=CCc1ccc3c(c1)C=CC(n1c4ccccc4c4cc(-c5ccc6c(c5)c5ccccc5n6-c5cccc(-c6ccccc6)c5)ccc41)C3)c1ccccc1-2. The molecule has 1 unspecified atom stereocenters. The third kappa shape index (κ3) is 5.74. The number of fused-ring (bicyclic) bond motifs is 10. The Morgan fingerprint density at radius 1 is 0.484 bits per heavy atom. The number of hydrogen-bond donors (Lipinski definition) is 1. The van der Waals surface area contributed by atoms with Gasteiger partial charge in [-0.05, 0) is 129 Å². The molecule has 0 saturated carbocycles. The molecule has 1 atom stereocenters. The molecule has 0 radical (unpaired) electrons. The number of nitrogen functional groups attached to an aromatic ring is 1. The highest BCUT2D eigenvalue weighted by atomic mass is 15.0. The number of allylic oxidation sites excluding steroid dienone is 2. The summed E-state index contributed by atoms with van der Waals surface area (Å²) in [5, 5.41) is 5.08. The summed E-state index contributed by atoms with van der Waals surface area (Å²) in [5.41, 5.74) is 28.5. The summed E-state index contributed by atoms with van der Waals surface area (Å²) in [7, 11) is 0. The third-order valence-corrected chi connectivity index (χ3v) is 13.8. The molecule has 11 aromatic rings. The molecule has 3 heteroatoms. The lowest BCUT2D eigenvalue weighted by Crippen LogP contribution is -2.13. The quantitative estimate of drug-likeness (QED) is 0.167. The number of aromatic nitrogens is 2. The summed E-state index contributed by atoms with van der Waals surface area (Å²) in [6.45, 7) is 0. The largest absolute Gasteiger partial charge is 0.398 e. The van der Waals surface area contributed by atoms with Crippen LogP contribution in [-0.4, -0.2) is 9.13 Å². The Bertz CT molecular complexity index is 3750. The zero-order chi connectivity index (χ0) is 42.3. The maximum absolute atomic E-state index is 6.57. The van der Waals surface area contributed by atoms with Crippen molar-refractivity contribution in [3.8, 4) is 39.1 Å². The van der Waals surface area contributed by atoms with Gasteiger partial charge >= 0.3 is 0 Å². The van der Waals surface area contributed by atoms with E-state index in [-0.39, 0.29) is 6.04 Å². The van der Waals surface area contributed by atoms with E-state index in [1.54, 1.807) is 0 Å². The highest BCUT2D eigenvalue weighted by molar-refractivity contribution is 6.12. The number of nitrogens with two attached hydrogens (primary N) is 1. The summed E-state index contributed by atoms with van der Waals surface area (Å²) < 4.78 is 4.98. The molecule has 13 rings (SSSR count). The van der Waals surface area contributed by atoms with E-state index in [4.69, 9.17) is 5.73 Å². The number of nitrogens with zero attached hydrogens (tertiary/aromatic N) is 2. The molecule has 2 heterocycles. The van der Waals surface area contributed by atoms with Crippen molar-refractivity contribution < 1.29 is 0 Å². The Kier molecular flexibility index (Phi) is 8.26. The molecule has 3 nitrogen and oxygen atoms in total. The van der Waals surface area contributed by atoms with Crippen LogP contribution in [0.2, 0.25) is 0 Å². The van der Waals surface area contributed by atoms with Crippen LogP contribution in [0, 0.1) is 0 Å². The smallest absolute Gasteiger partial charge is 0.0566 e. The van der Waals surface area contributed by atoms with E-state index in [0.29, 0.717) is 0 Å². The van der Waals surface area contributed by atoms with E-state index in [0.717, 1.165) is 29.8 Å². The van der Waals surface area contributed by atoms with Gasteiger partial charge in [-0.1, -0.05) is 164 Å². The minimum absolute atomic E-state index is 0.200. The van der Waals surface area contributed by atoms with Gasteiger partial charge in [0.25, 0.3) is 0 Å². The molecule has 0 aliphatic heterocycles. The van der Waals surface area contributed by atoms with Crippen molar-refractivity contribution in [3.63, 3.8) is 0 Å². The highest BCUT2D eigenvalue weighted by Crippen LogP contribution is 2.47. The number of anilines is 1. The zero-order valence-corrected chi connectivity index (χ0v) is 35.2. The summed E-state index contributed by atoms with van der Waals surface area (Å²) in [6, 6.07) is 73.5. The van der Waals surface area contributed by atoms with E-state index >= 15 is 0 Å². The Balaban J connectivity index is 0.835. The van der Waals surface area contributed by atoms with Crippen LogP contribution in [0.15, 0.2) is 212 Å². The second kappa shape index (κ2) is 14.5. The van der Waals surface area contributed by atoms with Crippen molar-refractivity contribution in [1.82, 2.24) is 9.13 Å². The second-order valence-electron chi connectivity index (χ2n) is 17.4. The van der Waals surface area contributed by atoms with Crippen molar-refractivity contribution in [2.75, 3.05) is 5.73 Å². The summed E-state index contributed by atoms with van der Waals surface area (Å²) in [5.74, 6) is 0. The van der Waals surface area contributed by atoms with Gasteiger partial charge in [0.2, 0.25) is 0 Å². The first-order chi connectivity index (χ1) is 31.6. The Hall–Kier alpha value is -8.14. The normalized spacial score (nSPS) is 14.8. The fraction of sp³-hybridized carbons (Fsp3) is 0.0492. The Morgan fingerprint density at radius 3 is 1.95 bits per heavy atom. The molecule has 2 aliphatic rings. The molecule has 0 spiro atoms. The van der Waals surface area contributed by atoms with Gasteiger partial charge in [-0.3, -0.25) is 0 Å². The molecule has 302 valence electrons. The summed E-state index contributed by atoms with van der Waals surface area (Å²) in [4.78, 5) is 0. The first-order valence-corrected chi connectivity index (χ1v) is 22.4. The van der Waals surface area contributed by atoms with Crippen LogP contribution in [0.5, 0.6) is 0 Å². The zero-order valence-electron chi connectivity index (χ0n) is 35.2. The lowest BCUT2D eigenvalue weighted by molar-refractivity contribution is 0.635. The van der Waals surface area contributed by atoms with E-state index in [9.17, 15) is 0 Å². The molecular weight excluding hydrogens is 775 g/mol. The van der Waals surface area contributed by atoms with Gasteiger partial charge in [0.15, 0.2) is 0 Å². The van der Waals surface area contributed by atoms with Crippen LogP contribution in [0.3, 0.4) is 0 Å². The van der Waals surface area contributed by atoms with Crippen LogP contribution in [0.4, 0.5) is 5.69 Å². The van der Waals surface area contributed by atoms with E-state index < -0.39 is 0 Å². The monoisotopic (exact) mass is 817 g/mol. The van der Waals surface area contributed by atoms with Crippen LogP contribution in [0.1, 0.15) is 33.9 Å². The molecule has 0 amide bonds. The minimum Gasteiger partial charge on any atom is -0.398 e. The van der Waals surface area contributed by atoms with Gasteiger partial charge < -0.3 is 14.9 Å². The molecule has 64 heavy (non-hydrogen) atoms. The highest BCUT2D eigenvalue weighted by Gasteiger charge is 2.25. The van der Waals surface area contributed by atoms with E-state index in [1.807, 2.05) is 6.07 Å². The van der Waals surface area contributed by atoms with Gasteiger partial charge in [0.1, 0.15) is 0 Å². The van der Waals surface area contributed by atoms with Crippen molar-refractivity contribution in [2.24, 2.45) is 0 Å². The Morgan fingerprint density at radius 2 is 1.11 bits per heavy atom. The predicted molar refractivity (Wildman–Crippen MR) is 270 cm³/mol. The topological polar surface area (TPSA) is 35.9 Å². The molecule has 2 aliphatic carbocycles. The fourth-order valence-corrected chi connectivity index (χ4v) is 10.8. The maximum Gasteiger partial charge on any atom is 0.0566 e. The summed E-state index contributed by atoms with van der Waals surface area (Å²) >= 11 is 0. The number of benzene rings is 9. The van der Waals surface area contributed by atoms with Crippen LogP contribution in [-0.2, 0) is 12.8 Å². The van der Waals surface area contributed by atoms with Crippen molar-refractivity contribution >= 4 is 60.9 Å². The molecule has 2 N–H and O–H groups in total. The maximum atomic E-state index is 6.57. The Labute approximate surface area is 372 Å². The van der Waals surface area contributed by atoms with Crippen LogP contribution >= 0.6 is 0 Å². The standard InChI is InChI=1S/C61H43N3/c62-56-21-11-20-52-48-16-4-5-17-49(48)53(61(52)56)31-25-39-24-26-43-36-47(30-27-42(43)34-39)64-58-23-9-7-19-51(58)55-38-45(29-33-60(55)64)44-28-32-59-54(37-44)50-18-6-8-22-57(50)63(59)46-15-10-14-41(35-46)40-12-2-1-3-13-40/h1-24,26-35,37-38,47H,25,36,62H2. The average molecular weight is 818 g/mol. The number of hydrogen-bond acceptors (Lipinski definition) is 1. The van der Waals surface area contributed by atoms with Gasteiger partial charge in [-0.2, -0.15) is 0 Å². The lowest BCUT2D eigenvalue weighted by Gasteiger charge is -2.23. The first-order valence-electron chi connectivity index (χ1n) is 22.4. The van der Waals surface area contributed by atoms with Crippen LogP contribution < -0.4 is 5.73 Å². The molecule has 2 aromatic heterocycles. The molecule has 0 saturated heterocycles. The van der Waals surface area contributed by atoms with Crippen molar-refractivity contribution in [1.29, 1.82) is 0 Å². The molecule has 0 bridgehead atoms. The van der Waals surface area contributed by atoms with E-state index in [2.05, 4.69) is 221 Å². The predicted octanol–water partition coefficient (Wildman–Crippen LogP) is 15.3. The lowest BCUT2D eigenvalue weighted by atomic mass is 9.91. The number of rotatable bonds is 6. The van der Waals surface area contributed by atoms with Gasteiger partial charge in [-0.25, -0.2) is 0 Å².